The van der Waals surface area contributed by atoms with Gasteiger partial charge < -0.3 is 20.6 Å². The predicted octanol–water partition coefficient (Wildman–Crippen LogP) is 3.39. The Morgan fingerprint density at radius 3 is 3.00 bits per heavy atom. The zero-order chi connectivity index (χ0) is 22.8. The van der Waals surface area contributed by atoms with E-state index in [0.29, 0.717) is 17.1 Å². The fraction of sp³-hybridized carbons (Fsp3) is 0.167. The summed E-state index contributed by atoms with van der Waals surface area (Å²) < 4.78 is 7.55. The number of fused-ring (bicyclic) bond motifs is 2. The average Bonchev–Trinajstić information content (AvgIpc) is 3.44. The van der Waals surface area contributed by atoms with Crippen LogP contribution in [0.25, 0.3) is 16.9 Å². The highest BCUT2D eigenvalue weighted by molar-refractivity contribution is 6.04. The fourth-order valence-electron chi connectivity index (χ4n) is 3.97. The minimum absolute atomic E-state index is 0.0611. The Kier molecular flexibility index (Phi) is 5.35. The molecule has 1 amide bonds. The van der Waals surface area contributed by atoms with Gasteiger partial charge in [-0.15, -0.1) is 0 Å². The summed E-state index contributed by atoms with van der Waals surface area (Å²) >= 11 is 0. The van der Waals surface area contributed by atoms with Gasteiger partial charge in [-0.25, -0.2) is 4.98 Å². The van der Waals surface area contributed by atoms with E-state index in [0.717, 1.165) is 46.7 Å². The van der Waals surface area contributed by atoms with Crippen LogP contribution in [0.3, 0.4) is 0 Å². The molecule has 0 saturated heterocycles. The van der Waals surface area contributed by atoms with E-state index in [1.165, 1.54) is 0 Å². The molecule has 9 heteroatoms. The van der Waals surface area contributed by atoms with Gasteiger partial charge >= 0.3 is 0 Å². The van der Waals surface area contributed by atoms with E-state index < -0.39 is 0 Å². The second kappa shape index (κ2) is 8.62. The molecule has 1 aliphatic carbocycles. The molecule has 0 saturated carbocycles. The lowest BCUT2D eigenvalue weighted by Crippen LogP contribution is -2.24. The Bertz CT molecular complexity index is 1380. The Labute approximate surface area is 189 Å². The highest BCUT2D eigenvalue weighted by atomic mass is 16.5. The van der Waals surface area contributed by atoms with Crippen LogP contribution in [0.4, 0.5) is 11.5 Å². The molecule has 166 valence electrons. The summed E-state index contributed by atoms with van der Waals surface area (Å²) in [5.41, 5.74) is 5.99. The number of anilines is 2. The predicted molar refractivity (Wildman–Crippen MR) is 124 cm³/mol. The largest absolute Gasteiger partial charge is 0.484 e. The van der Waals surface area contributed by atoms with Crippen LogP contribution in [-0.4, -0.2) is 44.8 Å². The van der Waals surface area contributed by atoms with Crippen molar-refractivity contribution in [3.8, 4) is 17.0 Å². The summed E-state index contributed by atoms with van der Waals surface area (Å²) in [6.45, 7) is -0.0611. The van der Waals surface area contributed by atoms with Crippen molar-refractivity contribution < 1.29 is 14.7 Å². The second-order valence-corrected chi connectivity index (χ2v) is 7.65. The number of amides is 1. The molecule has 0 bridgehead atoms. The molecule has 2 aromatic carbocycles. The topological polar surface area (TPSA) is 113 Å². The van der Waals surface area contributed by atoms with Crippen molar-refractivity contribution in [1.29, 1.82) is 0 Å². The fourth-order valence-corrected chi connectivity index (χ4v) is 3.97. The normalized spacial score (nSPS) is 13.8. The third-order valence-corrected chi connectivity index (χ3v) is 5.62. The molecule has 9 nitrogen and oxygen atoms in total. The summed E-state index contributed by atoms with van der Waals surface area (Å²) in [5.74, 6) is 1.16. The van der Waals surface area contributed by atoms with Gasteiger partial charge in [0.1, 0.15) is 17.3 Å². The number of carbonyl (C=O) groups excluding carboxylic acids is 1. The van der Waals surface area contributed by atoms with Crippen molar-refractivity contribution in [2.45, 2.75) is 12.8 Å². The van der Waals surface area contributed by atoms with Gasteiger partial charge in [0.15, 0.2) is 12.3 Å². The lowest BCUT2D eigenvalue weighted by molar-refractivity contribution is -0.122. The number of rotatable bonds is 6. The van der Waals surface area contributed by atoms with Crippen LogP contribution in [0.5, 0.6) is 5.75 Å². The van der Waals surface area contributed by atoms with Crippen molar-refractivity contribution in [3.63, 3.8) is 0 Å². The second-order valence-electron chi connectivity index (χ2n) is 7.65. The summed E-state index contributed by atoms with van der Waals surface area (Å²) in [5, 5.41) is 18.6. The third kappa shape index (κ3) is 3.96. The molecule has 0 unspecified atom stereocenters. The summed E-state index contributed by atoms with van der Waals surface area (Å²) in [6.07, 6.45) is 6.82. The number of ether oxygens (including phenoxy) is 1. The molecule has 0 fully saturated rings. The number of imidazole rings is 1. The standard InChI is InChI=1S/C24H22N6O3/c1-25-22(31)14-33-18-4-2-3-16(12-18)23-24(30-10-9-26-13-21(30)28-23)27-17-6-7-19-15(11-17)5-8-20(19)29-32/h2-4,6-7,9-13,27,32H,5,8,14H2,1H3,(H,25,31). The first kappa shape index (κ1) is 20.5. The molecule has 33 heavy (non-hydrogen) atoms. The maximum atomic E-state index is 11.5. The Morgan fingerprint density at radius 1 is 1.24 bits per heavy atom. The molecule has 0 spiro atoms. The molecule has 4 aromatic rings. The van der Waals surface area contributed by atoms with E-state index in [-0.39, 0.29) is 12.5 Å². The Hall–Kier alpha value is -4.40. The van der Waals surface area contributed by atoms with Crippen molar-refractivity contribution in [3.05, 3.63) is 72.2 Å². The van der Waals surface area contributed by atoms with Crippen molar-refractivity contribution in [2.75, 3.05) is 19.0 Å². The Balaban J connectivity index is 1.52. The molecule has 2 aromatic heterocycles. The molecular formula is C24H22N6O3. The van der Waals surface area contributed by atoms with E-state index in [9.17, 15) is 10.0 Å². The van der Waals surface area contributed by atoms with Gasteiger partial charge in [-0.2, -0.15) is 0 Å². The quantitative estimate of drug-likeness (QED) is 0.312. The van der Waals surface area contributed by atoms with Crippen molar-refractivity contribution in [2.24, 2.45) is 5.16 Å². The number of aryl methyl sites for hydroxylation is 1. The number of nitrogens with zero attached hydrogens (tertiary/aromatic N) is 4. The SMILES string of the molecule is CNC(=O)COc1cccc(-c2nc3cnccn3c2Nc2ccc3c(c2)CCC3=NO)c1. The Morgan fingerprint density at radius 2 is 2.15 bits per heavy atom. The first-order valence-electron chi connectivity index (χ1n) is 10.5. The number of nitrogens with one attached hydrogen (secondary N) is 2. The lowest BCUT2D eigenvalue weighted by atomic mass is 10.1. The van der Waals surface area contributed by atoms with E-state index in [2.05, 4.69) is 26.8 Å². The van der Waals surface area contributed by atoms with Gasteiger partial charge in [0.2, 0.25) is 0 Å². The van der Waals surface area contributed by atoms with E-state index in [1.807, 2.05) is 40.9 Å². The zero-order valence-electron chi connectivity index (χ0n) is 17.9. The molecule has 2 heterocycles. The van der Waals surface area contributed by atoms with Crippen LogP contribution in [-0.2, 0) is 11.2 Å². The number of oxime groups is 1. The maximum absolute atomic E-state index is 11.5. The van der Waals surface area contributed by atoms with Crippen LogP contribution in [0.15, 0.2) is 66.2 Å². The molecular weight excluding hydrogens is 420 g/mol. The van der Waals surface area contributed by atoms with Crippen LogP contribution in [0.1, 0.15) is 17.5 Å². The van der Waals surface area contributed by atoms with E-state index >= 15 is 0 Å². The lowest BCUT2D eigenvalue weighted by Gasteiger charge is -2.11. The van der Waals surface area contributed by atoms with Crippen LogP contribution in [0, 0.1) is 0 Å². The van der Waals surface area contributed by atoms with Crippen molar-refractivity contribution >= 4 is 28.8 Å². The highest BCUT2D eigenvalue weighted by Crippen LogP contribution is 2.34. The minimum Gasteiger partial charge on any atom is -0.484 e. The van der Waals surface area contributed by atoms with E-state index in [1.54, 1.807) is 25.5 Å². The molecule has 3 N–H and O–H groups in total. The van der Waals surface area contributed by atoms with Gasteiger partial charge in [-0.05, 0) is 42.7 Å². The number of hydrogen-bond acceptors (Lipinski definition) is 7. The smallest absolute Gasteiger partial charge is 0.257 e. The van der Waals surface area contributed by atoms with Gasteiger partial charge in [0.05, 0.1) is 11.9 Å². The highest BCUT2D eigenvalue weighted by Gasteiger charge is 2.20. The van der Waals surface area contributed by atoms with Crippen molar-refractivity contribution in [1.82, 2.24) is 19.7 Å². The first-order valence-corrected chi connectivity index (χ1v) is 10.5. The minimum atomic E-state index is -0.201. The van der Waals surface area contributed by atoms with Crippen LogP contribution in [0.2, 0.25) is 0 Å². The number of aromatic nitrogens is 3. The van der Waals surface area contributed by atoms with E-state index in [4.69, 9.17) is 9.72 Å². The van der Waals surface area contributed by atoms with Crippen LogP contribution >= 0.6 is 0 Å². The van der Waals surface area contributed by atoms with Gasteiger partial charge in [0.25, 0.3) is 5.91 Å². The number of likely N-dealkylation sites (N-methyl/N-ethyl adjacent to an activating group) is 1. The molecule has 0 radical (unpaired) electrons. The zero-order valence-corrected chi connectivity index (χ0v) is 17.9. The van der Waals surface area contributed by atoms with Gasteiger partial charge in [-0.3, -0.25) is 14.2 Å². The summed E-state index contributed by atoms with van der Waals surface area (Å²) in [6, 6.07) is 13.5. The number of benzene rings is 2. The summed E-state index contributed by atoms with van der Waals surface area (Å²) in [4.78, 5) is 20.5. The number of carbonyl (C=O) groups is 1. The monoisotopic (exact) mass is 442 g/mol. The molecule has 5 rings (SSSR count). The maximum Gasteiger partial charge on any atom is 0.257 e. The van der Waals surface area contributed by atoms with Gasteiger partial charge in [0, 0.05) is 36.3 Å². The average molecular weight is 442 g/mol. The number of hydrogen-bond donors (Lipinski definition) is 3. The molecule has 1 aliphatic rings. The van der Waals surface area contributed by atoms with Crippen LogP contribution < -0.4 is 15.4 Å². The first-order chi connectivity index (χ1) is 16.2. The molecule has 0 aliphatic heterocycles. The molecule has 0 atom stereocenters. The third-order valence-electron chi connectivity index (χ3n) is 5.62. The summed E-state index contributed by atoms with van der Waals surface area (Å²) in [7, 11) is 1.57. The van der Waals surface area contributed by atoms with Gasteiger partial charge in [-0.1, -0.05) is 23.4 Å².